The van der Waals surface area contributed by atoms with Crippen molar-refractivity contribution in [3.63, 3.8) is 0 Å². The van der Waals surface area contributed by atoms with E-state index in [1.165, 1.54) is 28.2 Å². The fourth-order valence-corrected chi connectivity index (χ4v) is 7.33. The number of thiophene rings is 1. The molecule has 9 heteroatoms. The number of amides is 2. The van der Waals surface area contributed by atoms with Crippen LogP contribution in [0.5, 0.6) is 0 Å². The van der Waals surface area contributed by atoms with Gasteiger partial charge >= 0.3 is 0 Å². The van der Waals surface area contributed by atoms with Gasteiger partial charge in [-0.1, -0.05) is 31.2 Å². The summed E-state index contributed by atoms with van der Waals surface area (Å²) in [4.78, 5) is 28.4. The van der Waals surface area contributed by atoms with Crippen LogP contribution in [0.3, 0.4) is 0 Å². The highest BCUT2D eigenvalue weighted by Gasteiger charge is 2.37. The summed E-state index contributed by atoms with van der Waals surface area (Å²) in [6.07, 6.45) is 1.31. The minimum atomic E-state index is -3.96. The zero-order valence-electron chi connectivity index (χ0n) is 21.6. The summed E-state index contributed by atoms with van der Waals surface area (Å²) in [6.45, 7) is 7.45. The standard InChI is InChI=1S/C28H33N3O4S2/c1-5-20(3)31(37(34,35)23-12-10-22(11-13-23)29-21(4)32)18-27(33)30-16-14-26-25(15-17-36-26)28(30)24-9-7-6-8-19(24)2/h6-13,15,17,20,28H,5,14,16,18H2,1-4H3,(H,29,32). The molecule has 1 aliphatic rings. The lowest BCUT2D eigenvalue weighted by Gasteiger charge is -2.38. The molecule has 7 nitrogen and oxygen atoms in total. The molecule has 0 fully saturated rings. The lowest BCUT2D eigenvalue weighted by Crippen LogP contribution is -2.49. The molecule has 2 amide bonds. The largest absolute Gasteiger partial charge is 0.330 e. The van der Waals surface area contributed by atoms with E-state index < -0.39 is 10.0 Å². The first-order valence-corrected chi connectivity index (χ1v) is 14.8. The van der Waals surface area contributed by atoms with E-state index in [1.807, 2.05) is 49.9 Å². The fraction of sp³-hybridized carbons (Fsp3) is 0.357. The van der Waals surface area contributed by atoms with Gasteiger partial charge in [0.2, 0.25) is 21.8 Å². The van der Waals surface area contributed by atoms with Gasteiger partial charge in [-0.2, -0.15) is 4.31 Å². The normalized spacial score (nSPS) is 16.4. The van der Waals surface area contributed by atoms with Crippen molar-refractivity contribution in [2.75, 3.05) is 18.4 Å². The van der Waals surface area contributed by atoms with E-state index in [9.17, 15) is 18.0 Å². The molecular formula is C28H33N3O4S2. The third-order valence-corrected chi connectivity index (χ3v) is 9.89. The number of carbonyl (C=O) groups is 2. The average molecular weight is 540 g/mol. The highest BCUT2D eigenvalue weighted by molar-refractivity contribution is 7.89. The zero-order chi connectivity index (χ0) is 26.7. The Morgan fingerprint density at radius 3 is 2.46 bits per heavy atom. The Bertz CT molecular complexity index is 1380. The third kappa shape index (κ3) is 5.63. The number of anilines is 1. The Labute approximate surface area is 223 Å². The van der Waals surface area contributed by atoms with Gasteiger partial charge in [0, 0.05) is 30.1 Å². The second-order valence-electron chi connectivity index (χ2n) is 9.41. The van der Waals surface area contributed by atoms with Gasteiger partial charge in [0.15, 0.2) is 0 Å². The number of sulfonamides is 1. The monoisotopic (exact) mass is 539 g/mol. The first kappa shape index (κ1) is 27.0. The highest BCUT2D eigenvalue weighted by atomic mass is 32.2. The molecule has 1 N–H and O–H groups in total. The van der Waals surface area contributed by atoms with Crippen molar-refractivity contribution in [3.8, 4) is 0 Å². The smallest absolute Gasteiger partial charge is 0.243 e. The van der Waals surface area contributed by atoms with Crippen molar-refractivity contribution in [1.82, 2.24) is 9.21 Å². The maximum absolute atomic E-state index is 13.9. The van der Waals surface area contributed by atoms with Crippen molar-refractivity contribution in [2.24, 2.45) is 0 Å². The van der Waals surface area contributed by atoms with Gasteiger partial charge in [0.1, 0.15) is 0 Å². The predicted molar refractivity (Wildman–Crippen MR) is 147 cm³/mol. The Balaban J connectivity index is 1.66. The number of hydrogen-bond donors (Lipinski definition) is 1. The first-order valence-electron chi connectivity index (χ1n) is 12.4. The van der Waals surface area contributed by atoms with Crippen molar-refractivity contribution >= 4 is 38.9 Å². The number of fused-ring (bicyclic) bond motifs is 1. The van der Waals surface area contributed by atoms with Gasteiger partial charge < -0.3 is 10.2 Å². The number of rotatable bonds is 8. The van der Waals surface area contributed by atoms with Gasteiger partial charge in [-0.25, -0.2) is 8.42 Å². The minimum absolute atomic E-state index is 0.0870. The maximum atomic E-state index is 13.9. The number of carbonyl (C=O) groups excluding carboxylic acids is 2. The quantitative estimate of drug-likeness (QED) is 0.438. The molecule has 2 heterocycles. The minimum Gasteiger partial charge on any atom is -0.330 e. The summed E-state index contributed by atoms with van der Waals surface area (Å²) in [5.74, 6) is -0.454. The van der Waals surface area contributed by atoms with Crippen LogP contribution in [0, 0.1) is 6.92 Å². The van der Waals surface area contributed by atoms with E-state index in [1.54, 1.807) is 23.5 Å². The maximum Gasteiger partial charge on any atom is 0.243 e. The van der Waals surface area contributed by atoms with E-state index in [2.05, 4.69) is 16.8 Å². The molecule has 196 valence electrons. The highest BCUT2D eigenvalue weighted by Crippen LogP contribution is 2.39. The van der Waals surface area contributed by atoms with E-state index in [4.69, 9.17) is 0 Å². The Hall–Kier alpha value is -3.01. The molecule has 3 aromatic rings. The van der Waals surface area contributed by atoms with E-state index >= 15 is 0 Å². The van der Waals surface area contributed by atoms with Crippen LogP contribution in [0.1, 0.15) is 54.8 Å². The summed E-state index contributed by atoms with van der Waals surface area (Å²) in [7, 11) is -3.96. The van der Waals surface area contributed by atoms with Gasteiger partial charge in [-0.3, -0.25) is 9.59 Å². The summed E-state index contributed by atoms with van der Waals surface area (Å²) in [6, 6.07) is 15.6. The summed E-state index contributed by atoms with van der Waals surface area (Å²) >= 11 is 1.70. The number of nitrogens with one attached hydrogen (secondary N) is 1. The number of aryl methyl sites for hydroxylation is 1. The Kier molecular flexibility index (Phi) is 8.16. The molecule has 2 unspecified atom stereocenters. The molecule has 0 saturated carbocycles. The molecule has 1 aromatic heterocycles. The Morgan fingerprint density at radius 1 is 1.11 bits per heavy atom. The number of nitrogens with zero attached hydrogens (tertiary/aromatic N) is 2. The zero-order valence-corrected chi connectivity index (χ0v) is 23.2. The van der Waals surface area contributed by atoms with E-state index in [0.717, 1.165) is 23.1 Å². The summed E-state index contributed by atoms with van der Waals surface area (Å²) < 4.78 is 28.7. The molecule has 4 rings (SSSR count). The molecule has 1 aliphatic heterocycles. The predicted octanol–water partition coefficient (Wildman–Crippen LogP) is 4.98. The first-order chi connectivity index (χ1) is 17.6. The van der Waals surface area contributed by atoms with Crippen LogP contribution in [-0.4, -0.2) is 48.6 Å². The van der Waals surface area contributed by atoms with E-state index in [0.29, 0.717) is 18.7 Å². The average Bonchev–Trinajstić information content (AvgIpc) is 3.35. The second-order valence-corrected chi connectivity index (χ2v) is 12.3. The fourth-order valence-electron chi connectivity index (χ4n) is 4.77. The molecular weight excluding hydrogens is 506 g/mol. The number of hydrogen-bond acceptors (Lipinski definition) is 5. The van der Waals surface area contributed by atoms with Crippen LogP contribution in [0.25, 0.3) is 0 Å². The van der Waals surface area contributed by atoms with Gasteiger partial charge in [-0.15, -0.1) is 11.3 Å². The molecule has 0 bridgehead atoms. The van der Waals surface area contributed by atoms with Gasteiger partial charge in [0.05, 0.1) is 17.5 Å². The topological polar surface area (TPSA) is 86.8 Å². The molecule has 0 aliphatic carbocycles. The van der Waals surface area contributed by atoms with Crippen molar-refractivity contribution in [3.05, 3.63) is 81.5 Å². The van der Waals surface area contributed by atoms with Crippen molar-refractivity contribution in [2.45, 2.75) is 57.5 Å². The third-order valence-electron chi connectivity index (χ3n) is 6.92. The molecule has 2 atom stereocenters. The van der Waals surface area contributed by atoms with E-state index in [-0.39, 0.29) is 35.3 Å². The molecule has 0 radical (unpaired) electrons. The second kappa shape index (κ2) is 11.2. The lowest BCUT2D eigenvalue weighted by atomic mass is 9.90. The summed E-state index contributed by atoms with van der Waals surface area (Å²) in [5, 5.41) is 4.71. The summed E-state index contributed by atoms with van der Waals surface area (Å²) in [5.41, 5.74) is 3.78. The molecule has 37 heavy (non-hydrogen) atoms. The SMILES string of the molecule is CCC(C)N(CC(=O)N1CCc2sccc2C1c1ccccc1C)S(=O)(=O)c1ccc(NC(C)=O)cc1. The van der Waals surface area contributed by atoms with Crippen molar-refractivity contribution in [1.29, 1.82) is 0 Å². The molecule has 0 saturated heterocycles. The van der Waals surface area contributed by atoms with Crippen LogP contribution in [0.15, 0.2) is 64.9 Å². The van der Waals surface area contributed by atoms with Crippen LogP contribution in [0.2, 0.25) is 0 Å². The lowest BCUT2D eigenvalue weighted by molar-refractivity contribution is -0.133. The van der Waals surface area contributed by atoms with Gasteiger partial charge in [0.25, 0.3) is 0 Å². The van der Waals surface area contributed by atoms with Crippen LogP contribution in [-0.2, 0) is 26.0 Å². The van der Waals surface area contributed by atoms with Gasteiger partial charge in [-0.05, 0) is 79.1 Å². The number of benzene rings is 2. The molecule has 2 aromatic carbocycles. The Morgan fingerprint density at radius 2 is 1.81 bits per heavy atom. The van der Waals surface area contributed by atoms with Crippen molar-refractivity contribution < 1.29 is 18.0 Å². The van der Waals surface area contributed by atoms with Crippen LogP contribution >= 0.6 is 11.3 Å². The molecule has 0 spiro atoms. The van der Waals surface area contributed by atoms with Crippen LogP contribution in [0.4, 0.5) is 5.69 Å². The van der Waals surface area contributed by atoms with Crippen LogP contribution < -0.4 is 5.32 Å².